The van der Waals surface area contributed by atoms with E-state index in [1.54, 1.807) is 11.8 Å². The Bertz CT molecular complexity index is 530. The minimum atomic E-state index is -0.794. The fourth-order valence-corrected chi connectivity index (χ4v) is 2.49. The summed E-state index contributed by atoms with van der Waals surface area (Å²) < 4.78 is 5.38. The Morgan fingerprint density at radius 3 is 2.62 bits per heavy atom. The van der Waals surface area contributed by atoms with Gasteiger partial charge in [-0.15, -0.1) is 11.6 Å². The van der Waals surface area contributed by atoms with Crippen LogP contribution in [0.1, 0.15) is 27.2 Å². The average molecular weight is 310 g/mol. The van der Waals surface area contributed by atoms with Crippen LogP contribution in [0.25, 0.3) is 0 Å². The number of carbonyl (C=O) groups excluding carboxylic acids is 2. The van der Waals surface area contributed by atoms with E-state index in [2.05, 4.69) is 0 Å². The molecule has 2 atom stereocenters. The number of esters is 1. The first-order chi connectivity index (χ1) is 9.86. The van der Waals surface area contributed by atoms with E-state index in [-0.39, 0.29) is 5.91 Å². The molecule has 0 bridgehead atoms. The van der Waals surface area contributed by atoms with Gasteiger partial charge >= 0.3 is 5.97 Å². The van der Waals surface area contributed by atoms with E-state index < -0.39 is 22.9 Å². The van der Waals surface area contributed by atoms with E-state index in [4.69, 9.17) is 16.3 Å². The van der Waals surface area contributed by atoms with Crippen LogP contribution in [0, 0.1) is 5.41 Å². The van der Waals surface area contributed by atoms with Gasteiger partial charge in [-0.2, -0.15) is 0 Å². The highest BCUT2D eigenvalue weighted by atomic mass is 35.5. The Labute approximate surface area is 130 Å². The lowest BCUT2D eigenvalue weighted by Gasteiger charge is -2.24. The van der Waals surface area contributed by atoms with Gasteiger partial charge in [0.2, 0.25) is 0 Å². The third kappa shape index (κ3) is 3.21. The SMILES string of the molecule is CC[C@H](Cl)C(=O)O[C@H]1C(=O)N(c2ccccc2)CC1(C)C. The molecule has 4 nitrogen and oxygen atoms in total. The first-order valence-corrected chi connectivity index (χ1v) is 7.51. The summed E-state index contributed by atoms with van der Waals surface area (Å²) in [6.45, 7) is 6.14. The minimum absolute atomic E-state index is 0.195. The van der Waals surface area contributed by atoms with Crippen LogP contribution >= 0.6 is 11.6 Å². The molecule has 1 heterocycles. The van der Waals surface area contributed by atoms with Crippen molar-refractivity contribution in [2.75, 3.05) is 11.4 Å². The zero-order valence-corrected chi connectivity index (χ0v) is 13.3. The molecule has 0 unspecified atom stereocenters. The summed E-state index contributed by atoms with van der Waals surface area (Å²) in [5.74, 6) is -0.722. The third-order valence-corrected chi connectivity index (χ3v) is 4.17. The molecule has 1 aliphatic heterocycles. The summed E-state index contributed by atoms with van der Waals surface area (Å²) in [5.41, 5.74) is 0.361. The first-order valence-electron chi connectivity index (χ1n) is 7.08. The third-order valence-electron chi connectivity index (χ3n) is 3.68. The Balaban J connectivity index is 2.19. The predicted molar refractivity (Wildman–Crippen MR) is 82.4 cm³/mol. The smallest absolute Gasteiger partial charge is 0.324 e. The molecular weight excluding hydrogens is 290 g/mol. The topological polar surface area (TPSA) is 46.6 Å². The number of hydrogen-bond donors (Lipinski definition) is 0. The van der Waals surface area contributed by atoms with Crippen molar-refractivity contribution in [2.24, 2.45) is 5.41 Å². The Hall–Kier alpha value is -1.55. The minimum Gasteiger partial charge on any atom is -0.450 e. The number of anilines is 1. The van der Waals surface area contributed by atoms with E-state index in [0.717, 1.165) is 5.69 Å². The number of rotatable bonds is 4. The van der Waals surface area contributed by atoms with Crippen molar-refractivity contribution >= 4 is 29.2 Å². The number of carbonyl (C=O) groups is 2. The standard InChI is InChI=1S/C16H20ClNO3/c1-4-12(17)15(20)21-13-14(19)18(10-16(13,2)3)11-8-6-5-7-9-11/h5-9,12-13H,4,10H2,1-3H3/t12-,13-/m0/s1. The predicted octanol–water partition coefficient (Wildman–Crippen LogP) is 2.99. The number of para-hydroxylation sites is 1. The maximum atomic E-state index is 12.6. The van der Waals surface area contributed by atoms with Gasteiger partial charge in [0.1, 0.15) is 5.38 Å². The highest BCUT2D eigenvalue weighted by molar-refractivity contribution is 6.30. The van der Waals surface area contributed by atoms with Crippen LogP contribution in [0.15, 0.2) is 30.3 Å². The lowest BCUT2D eigenvalue weighted by atomic mass is 9.89. The second kappa shape index (κ2) is 6.06. The normalized spacial score (nSPS) is 22.2. The zero-order chi connectivity index (χ0) is 15.6. The number of nitrogens with zero attached hydrogens (tertiary/aromatic N) is 1. The molecule has 0 saturated carbocycles. The van der Waals surface area contributed by atoms with Crippen LogP contribution in [0.5, 0.6) is 0 Å². The molecule has 21 heavy (non-hydrogen) atoms. The summed E-state index contributed by atoms with van der Waals surface area (Å²) in [5, 5.41) is -0.709. The molecule has 1 amide bonds. The van der Waals surface area contributed by atoms with Gasteiger partial charge in [-0.3, -0.25) is 9.59 Å². The molecule has 1 aromatic carbocycles. The summed E-state index contributed by atoms with van der Waals surface area (Å²) in [6.07, 6.45) is -0.317. The van der Waals surface area contributed by atoms with Crippen LogP contribution in [0.2, 0.25) is 0 Å². The van der Waals surface area contributed by atoms with E-state index in [1.807, 2.05) is 44.2 Å². The van der Waals surface area contributed by atoms with Gasteiger partial charge in [-0.05, 0) is 18.6 Å². The highest BCUT2D eigenvalue weighted by Crippen LogP contribution is 2.36. The monoisotopic (exact) mass is 309 g/mol. The van der Waals surface area contributed by atoms with Crippen molar-refractivity contribution in [3.05, 3.63) is 30.3 Å². The van der Waals surface area contributed by atoms with Gasteiger partial charge in [0.05, 0.1) is 0 Å². The second-order valence-electron chi connectivity index (χ2n) is 5.94. The molecule has 0 N–H and O–H groups in total. The molecule has 2 rings (SSSR count). The van der Waals surface area contributed by atoms with Crippen LogP contribution < -0.4 is 4.90 Å². The lowest BCUT2D eigenvalue weighted by molar-refractivity contribution is -0.158. The fourth-order valence-electron chi connectivity index (χ4n) is 2.44. The van der Waals surface area contributed by atoms with Gasteiger partial charge < -0.3 is 9.64 Å². The van der Waals surface area contributed by atoms with Crippen LogP contribution in [-0.4, -0.2) is 29.9 Å². The summed E-state index contributed by atoms with van der Waals surface area (Å²) in [4.78, 5) is 26.1. The van der Waals surface area contributed by atoms with Crippen molar-refractivity contribution in [2.45, 2.75) is 38.7 Å². The number of ether oxygens (including phenoxy) is 1. The lowest BCUT2D eigenvalue weighted by Crippen LogP contribution is -2.38. The fraction of sp³-hybridized carbons (Fsp3) is 0.500. The molecule has 1 fully saturated rings. The zero-order valence-electron chi connectivity index (χ0n) is 12.5. The van der Waals surface area contributed by atoms with Gasteiger partial charge in [-0.1, -0.05) is 39.0 Å². The van der Waals surface area contributed by atoms with E-state index in [0.29, 0.717) is 13.0 Å². The summed E-state index contributed by atoms with van der Waals surface area (Å²) in [6, 6.07) is 9.39. The molecule has 1 aliphatic rings. The maximum absolute atomic E-state index is 12.6. The Morgan fingerprint density at radius 2 is 2.05 bits per heavy atom. The molecular formula is C16H20ClNO3. The average Bonchev–Trinajstić information content (AvgIpc) is 2.70. The number of halogens is 1. The van der Waals surface area contributed by atoms with Crippen molar-refractivity contribution in [1.82, 2.24) is 0 Å². The number of benzene rings is 1. The Kier molecular flexibility index (Phi) is 4.57. The molecule has 0 radical (unpaired) electrons. The van der Waals surface area contributed by atoms with Gasteiger partial charge in [0, 0.05) is 17.6 Å². The molecule has 0 aromatic heterocycles. The van der Waals surface area contributed by atoms with Crippen LogP contribution in [0.4, 0.5) is 5.69 Å². The van der Waals surface area contributed by atoms with Gasteiger partial charge in [0.15, 0.2) is 6.10 Å². The molecule has 114 valence electrons. The van der Waals surface area contributed by atoms with Gasteiger partial charge in [0.25, 0.3) is 5.91 Å². The molecule has 0 aliphatic carbocycles. The van der Waals surface area contributed by atoms with E-state index in [1.165, 1.54) is 0 Å². The highest BCUT2D eigenvalue weighted by Gasteiger charge is 2.49. The first kappa shape index (κ1) is 15.8. The largest absolute Gasteiger partial charge is 0.450 e. The quantitative estimate of drug-likeness (QED) is 0.634. The van der Waals surface area contributed by atoms with Crippen molar-refractivity contribution in [1.29, 1.82) is 0 Å². The van der Waals surface area contributed by atoms with E-state index >= 15 is 0 Å². The summed E-state index contributed by atoms with van der Waals surface area (Å²) >= 11 is 5.89. The van der Waals surface area contributed by atoms with Crippen molar-refractivity contribution < 1.29 is 14.3 Å². The molecule has 1 saturated heterocycles. The summed E-state index contributed by atoms with van der Waals surface area (Å²) in [7, 11) is 0. The maximum Gasteiger partial charge on any atom is 0.324 e. The number of hydrogen-bond acceptors (Lipinski definition) is 3. The Morgan fingerprint density at radius 1 is 1.43 bits per heavy atom. The second-order valence-corrected chi connectivity index (χ2v) is 6.47. The molecule has 1 aromatic rings. The van der Waals surface area contributed by atoms with Crippen molar-refractivity contribution in [3.63, 3.8) is 0 Å². The number of alkyl halides is 1. The number of amides is 1. The van der Waals surface area contributed by atoms with Crippen LogP contribution in [0.3, 0.4) is 0 Å². The van der Waals surface area contributed by atoms with E-state index in [9.17, 15) is 9.59 Å². The molecule has 0 spiro atoms. The van der Waals surface area contributed by atoms with Crippen molar-refractivity contribution in [3.8, 4) is 0 Å². The molecule has 5 heteroatoms. The van der Waals surface area contributed by atoms with Gasteiger partial charge in [-0.25, -0.2) is 0 Å². The van der Waals surface area contributed by atoms with Crippen LogP contribution in [-0.2, 0) is 14.3 Å².